The van der Waals surface area contributed by atoms with E-state index < -0.39 is 10.0 Å². The Morgan fingerprint density at radius 3 is 2.63 bits per heavy atom. The number of rotatable bonds is 4. The summed E-state index contributed by atoms with van der Waals surface area (Å²) < 4.78 is 34.0. The lowest BCUT2D eigenvalue weighted by Crippen LogP contribution is -2.28. The summed E-state index contributed by atoms with van der Waals surface area (Å²) in [6.07, 6.45) is 2.11. The fourth-order valence-corrected chi connectivity index (χ4v) is 5.13. The Bertz CT molecular complexity index is 1360. The van der Waals surface area contributed by atoms with Crippen molar-refractivity contribution in [1.29, 1.82) is 0 Å². The van der Waals surface area contributed by atoms with Crippen LogP contribution in [0.4, 0.5) is 11.4 Å². The van der Waals surface area contributed by atoms with Crippen molar-refractivity contribution in [3.63, 3.8) is 0 Å². The van der Waals surface area contributed by atoms with E-state index in [0.717, 1.165) is 16.6 Å². The van der Waals surface area contributed by atoms with Gasteiger partial charge in [-0.25, -0.2) is 8.42 Å². The van der Waals surface area contributed by atoms with Crippen molar-refractivity contribution in [2.24, 2.45) is 0 Å². The second-order valence-electron chi connectivity index (χ2n) is 7.11. The molecule has 5 rings (SSSR count). The molecule has 7 heteroatoms. The van der Waals surface area contributed by atoms with Crippen LogP contribution in [-0.4, -0.2) is 20.9 Å². The van der Waals surface area contributed by atoms with Gasteiger partial charge in [-0.05, 0) is 53.8 Å². The van der Waals surface area contributed by atoms with E-state index in [4.69, 9.17) is 4.42 Å². The number of carbonyl (C=O) groups is 1. The van der Waals surface area contributed by atoms with Gasteiger partial charge < -0.3 is 9.32 Å². The number of amides is 1. The molecule has 1 aliphatic rings. The third-order valence-corrected chi connectivity index (χ3v) is 6.68. The van der Waals surface area contributed by atoms with E-state index in [-0.39, 0.29) is 16.6 Å². The summed E-state index contributed by atoms with van der Waals surface area (Å²) in [4.78, 5) is 14.5. The van der Waals surface area contributed by atoms with Crippen LogP contribution in [0.25, 0.3) is 10.8 Å². The lowest BCUT2D eigenvalue weighted by Gasteiger charge is -2.16. The fourth-order valence-electron chi connectivity index (χ4n) is 3.85. The summed E-state index contributed by atoms with van der Waals surface area (Å²) in [5, 5.41) is 1.53. The van der Waals surface area contributed by atoms with Crippen LogP contribution in [0, 0.1) is 0 Å². The van der Waals surface area contributed by atoms with Crippen molar-refractivity contribution in [1.82, 2.24) is 0 Å². The van der Waals surface area contributed by atoms with Gasteiger partial charge in [0.15, 0.2) is 5.76 Å². The van der Waals surface area contributed by atoms with Gasteiger partial charge in [-0.3, -0.25) is 9.52 Å². The normalized spacial score (nSPS) is 13.4. The maximum absolute atomic E-state index is 13.1. The minimum atomic E-state index is -3.77. The molecule has 0 saturated heterocycles. The molecular formula is C23H18N2O4S. The first kappa shape index (κ1) is 18.4. The standard InChI is InChI=1S/C23H18N2O4S/c26-23(21-8-4-14-29-21)25-13-12-17-15-18(10-11-20(17)25)24-30(27,28)22-9-3-6-16-5-1-2-7-19(16)22/h1-11,14-15,24H,12-13H2. The molecule has 2 heterocycles. The summed E-state index contributed by atoms with van der Waals surface area (Å²) in [7, 11) is -3.77. The minimum absolute atomic E-state index is 0.206. The van der Waals surface area contributed by atoms with E-state index in [1.807, 2.05) is 24.3 Å². The van der Waals surface area contributed by atoms with E-state index in [2.05, 4.69) is 4.72 Å². The molecule has 30 heavy (non-hydrogen) atoms. The topological polar surface area (TPSA) is 79.6 Å². The van der Waals surface area contributed by atoms with Crippen molar-refractivity contribution in [2.75, 3.05) is 16.2 Å². The summed E-state index contributed by atoms with van der Waals surface area (Å²) >= 11 is 0. The van der Waals surface area contributed by atoms with Crippen LogP contribution >= 0.6 is 0 Å². The maximum atomic E-state index is 13.1. The van der Waals surface area contributed by atoms with Gasteiger partial charge in [0, 0.05) is 23.3 Å². The van der Waals surface area contributed by atoms with Gasteiger partial charge in [0.1, 0.15) is 0 Å². The first-order valence-corrected chi connectivity index (χ1v) is 11.0. The van der Waals surface area contributed by atoms with Gasteiger partial charge in [0.2, 0.25) is 0 Å². The Hall–Kier alpha value is -3.58. The number of hydrogen-bond donors (Lipinski definition) is 1. The van der Waals surface area contributed by atoms with Crippen LogP contribution in [0.2, 0.25) is 0 Å². The van der Waals surface area contributed by atoms with Crippen LogP contribution in [0.15, 0.2) is 88.4 Å². The molecule has 6 nitrogen and oxygen atoms in total. The average molecular weight is 418 g/mol. The van der Waals surface area contributed by atoms with E-state index in [0.29, 0.717) is 24.0 Å². The molecule has 0 bridgehead atoms. The number of sulfonamides is 1. The van der Waals surface area contributed by atoms with Crippen LogP contribution in [-0.2, 0) is 16.4 Å². The van der Waals surface area contributed by atoms with E-state index in [1.165, 1.54) is 6.26 Å². The van der Waals surface area contributed by atoms with Crippen LogP contribution in [0.5, 0.6) is 0 Å². The predicted octanol–water partition coefficient (Wildman–Crippen LogP) is 4.44. The maximum Gasteiger partial charge on any atom is 0.293 e. The quantitative estimate of drug-likeness (QED) is 0.531. The molecular weight excluding hydrogens is 400 g/mol. The number of nitrogens with one attached hydrogen (secondary N) is 1. The van der Waals surface area contributed by atoms with Gasteiger partial charge in [-0.2, -0.15) is 0 Å². The summed E-state index contributed by atoms with van der Waals surface area (Å²) in [6, 6.07) is 21.1. The molecule has 150 valence electrons. The lowest BCUT2D eigenvalue weighted by atomic mass is 10.1. The largest absolute Gasteiger partial charge is 0.459 e. The second-order valence-corrected chi connectivity index (χ2v) is 8.76. The smallest absolute Gasteiger partial charge is 0.293 e. The highest BCUT2D eigenvalue weighted by Crippen LogP contribution is 2.33. The molecule has 0 spiro atoms. The van der Waals surface area contributed by atoms with Gasteiger partial charge in [0.05, 0.1) is 11.2 Å². The van der Waals surface area contributed by atoms with Gasteiger partial charge in [-0.1, -0.05) is 36.4 Å². The zero-order valence-electron chi connectivity index (χ0n) is 15.9. The Morgan fingerprint density at radius 1 is 0.967 bits per heavy atom. The summed E-state index contributed by atoms with van der Waals surface area (Å²) in [5.41, 5.74) is 2.14. The Balaban J connectivity index is 1.44. The molecule has 1 amide bonds. The Kier molecular flexibility index (Phi) is 4.33. The lowest BCUT2D eigenvalue weighted by molar-refractivity contribution is 0.0963. The molecule has 0 unspecified atom stereocenters. The van der Waals surface area contributed by atoms with E-state index >= 15 is 0 Å². The summed E-state index contributed by atoms with van der Waals surface area (Å²) in [6.45, 7) is 0.522. The highest BCUT2D eigenvalue weighted by Gasteiger charge is 2.27. The SMILES string of the molecule is O=C(c1ccco1)N1CCc2cc(NS(=O)(=O)c3cccc4ccccc34)ccc21. The molecule has 0 radical (unpaired) electrons. The fraction of sp³-hybridized carbons (Fsp3) is 0.0870. The third kappa shape index (κ3) is 3.13. The number of furan rings is 1. The van der Waals surface area contributed by atoms with Crippen LogP contribution in [0.3, 0.4) is 0 Å². The van der Waals surface area contributed by atoms with E-state index in [1.54, 1.807) is 53.4 Å². The monoisotopic (exact) mass is 418 g/mol. The number of hydrogen-bond acceptors (Lipinski definition) is 4. The highest BCUT2D eigenvalue weighted by molar-refractivity contribution is 7.93. The highest BCUT2D eigenvalue weighted by atomic mass is 32.2. The molecule has 0 atom stereocenters. The van der Waals surface area contributed by atoms with E-state index in [9.17, 15) is 13.2 Å². The van der Waals surface area contributed by atoms with Gasteiger partial charge in [-0.15, -0.1) is 0 Å². The van der Waals surface area contributed by atoms with Gasteiger partial charge >= 0.3 is 0 Å². The van der Waals surface area contributed by atoms with Crippen molar-refractivity contribution < 1.29 is 17.6 Å². The summed E-state index contributed by atoms with van der Waals surface area (Å²) in [5.74, 6) is 0.0754. The second kappa shape index (κ2) is 7.03. The van der Waals surface area contributed by atoms with Crippen LogP contribution < -0.4 is 9.62 Å². The first-order valence-electron chi connectivity index (χ1n) is 9.52. The zero-order valence-corrected chi connectivity index (χ0v) is 16.7. The number of nitrogens with zero attached hydrogens (tertiary/aromatic N) is 1. The predicted molar refractivity (Wildman–Crippen MR) is 115 cm³/mol. The molecule has 1 aliphatic heterocycles. The van der Waals surface area contributed by atoms with Crippen molar-refractivity contribution in [3.8, 4) is 0 Å². The molecule has 0 fully saturated rings. The molecule has 4 aromatic rings. The number of benzene rings is 3. The van der Waals surface area contributed by atoms with Crippen molar-refractivity contribution in [2.45, 2.75) is 11.3 Å². The number of anilines is 2. The number of carbonyl (C=O) groups excluding carboxylic acids is 1. The third-order valence-electron chi connectivity index (χ3n) is 5.24. The van der Waals surface area contributed by atoms with Crippen LogP contribution in [0.1, 0.15) is 16.1 Å². The van der Waals surface area contributed by atoms with Gasteiger partial charge in [0.25, 0.3) is 15.9 Å². The zero-order chi connectivity index (χ0) is 20.7. The minimum Gasteiger partial charge on any atom is -0.459 e. The molecule has 3 aromatic carbocycles. The van der Waals surface area contributed by atoms with Crippen molar-refractivity contribution in [3.05, 3.63) is 90.4 Å². The average Bonchev–Trinajstić information content (AvgIpc) is 3.42. The number of fused-ring (bicyclic) bond motifs is 2. The first-order chi connectivity index (χ1) is 14.5. The molecule has 0 saturated carbocycles. The van der Waals surface area contributed by atoms with Crippen molar-refractivity contribution >= 4 is 38.1 Å². The molecule has 1 aromatic heterocycles. The Morgan fingerprint density at radius 2 is 1.80 bits per heavy atom. The Labute approximate surface area is 173 Å². The molecule has 0 aliphatic carbocycles. The molecule has 1 N–H and O–H groups in total.